The molecule has 0 atom stereocenters. The monoisotopic (exact) mass is 288 g/mol. The van der Waals surface area contributed by atoms with Gasteiger partial charge in [0.2, 0.25) is 0 Å². The van der Waals surface area contributed by atoms with E-state index in [1.54, 1.807) is 0 Å². The van der Waals surface area contributed by atoms with Crippen molar-refractivity contribution in [2.24, 2.45) is 0 Å². The number of fused-ring (bicyclic) bond motifs is 2. The van der Waals surface area contributed by atoms with E-state index < -0.39 is 0 Å². The standard InChI is InChI=1S/C14H9BrS/c15-12-9-10-5-1-3-7-13(10)16-14-8-4-2-6-11(12)14/h1-9H. The third-order valence-electron chi connectivity index (χ3n) is 2.57. The Hall–Kier alpha value is -0.990. The van der Waals surface area contributed by atoms with E-state index in [2.05, 4.69) is 70.5 Å². The molecule has 0 bridgehead atoms. The Balaban J connectivity index is 2.25. The zero-order valence-electron chi connectivity index (χ0n) is 8.48. The zero-order chi connectivity index (χ0) is 11.0. The Labute approximate surface area is 108 Å². The Kier molecular flexibility index (Phi) is 2.62. The fraction of sp³-hybridized carbons (Fsp3) is 0. The molecule has 0 N–H and O–H groups in total. The second-order valence-corrected chi connectivity index (χ2v) is 5.57. The van der Waals surface area contributed by atoms with Crippen LogP contribution in [0.25, 0.3) is 10.6 Å². The molecule has 1 aliphatic rings. The lowest BCUT2D eigenvalue weighted by Gasteiger charge is -2.05. The summed E-state index contributed by atoms with van der Waals surface area (Å²) in [7, 11) is 0. The van der Waals surface area contributed by atoms with Crippen LogP contribution in [0, 0.1) is 0 Å². The molecule has 0 unspecified atom stereocenters. The van der Waals surface area contributed by atoms with E-state index in [1.165, 1.54) is 20.9 Å². The molecule has 0 amide bonds. The van der Waals surface area contributed by atoms with E-state index in [4.69, 9.17) is 0 Å². The Morgan fingerprint density at radius 1 is 0.812 bits per heavy atom. The van der Waals surface area contributed by atoms with Crippen molar-refractivity contribution >= 4 is 38.3 Å². The molecule has 1 aliphatic heterocycles. The van der Waals surface area contributed by atoms with Crippen molar-refractivity contribution in [2.45, 2.75) is 9.79 Å². The average Bonchev–Trinajstić information content (AvgIpc) is 2.45. The van der Waals surface area contributed by atoms with Crippen LogP contribution >= 0.6 is 27.7 Å². The maximum atomic E-state index is 3.65. The summed E-state index contributed by atoms with van der Waals surface area (Å²) in [6.07, 6.45) is 2.19. The molecule has 0 radical (unpaired) electrons. The van der Waals surface area contributed by atoms with E-state index >= 15 is 0 Å². The fourth-order valence-electron chi connectivity index (χ4n) is 1.78. The van der Waals surface area contributed by atoms with Crippen molar-refractivity contribution < 1.29 is 0 Å². The molecule has 0 fully saturated rings. The van der Waals surface area contributed by atoms with Gasteiger partial charge in [-0.2, -0.15) is 0 Å². The Morgan fingerprint density at radius 2 is 1.50 bits per heavy atom. The maximum absolute atomic E-state index is 3.65. The lowest BCUT2D eigenvalue weighted by atomic mass is 10.1. The summed E-state index contributed by atoms with van der Waals surface area (Å²) in [4.78, 5) is 2.61. The molecule has 3 rings (SSSR count). The predicted molar refractivity (Wildman–Crippen MR) is 73.8 cm³/mol. The Bertz CT molecular complexity index is 572. The van der Waals surface area contributed by atoms with Gasteiger partial charge < -0.3 is 0 Å². The first-order chi connectivity index (χ1) is 7.84. The fourth-order valence-corrected chi connectivity index (χ4v) is 3.56. The quantitative estimate of drug-likeness (QED) is 0.654. The van der Waals surface area contributed by atoms with Gasteiger partial charge in [0, 0.05) is 19.8 Å². The summed E-state index contributed by atoms with van der Waals surface area (Å²) < 4.78 is 1.15. The van der Waals surface area contributed by atoms with E-state index in [0.29, 0.717) is 0 Å². The highest BCUT2D eigenvalue weighted by Crippen LogP contribution is 2.41. The number of halogens is 1. The summed E-state index contributed by atoms with van der Waals surface area (Å²) in [5.74, 6) is 0. The Morgan fingerprint density at radius 3 is 2.38 bits per heavy atom. The minimum Gasteiger partial charge on any atom is -0.0888 e. The average molecular weight is 289 g/mol. The van der Waals surface area contributed by atoms with E-state index in [0.717, 1.165) is 4.48 Å². The van der Waals surface area contributed by atoms with Crippen molar-refractivity contribution in [3.05, 3.63) is 59.7 Å². The van der Waals surface area contributed by atoms with Crippen LogP contribution in [0.5, 0.6) is 0 Å². The summed E-state index contributed by atoms with van der Waals surface area (Å²) in [5, 5.41) is 0. The third kappa shape index (κ3) is 1.72. The molecule has 2 aromatic carbocycles. The molecule has 0 spiro atoms. The normalized spacial score (nSPS) is 13.4. The van der Waals surface area contributed by atoms with Crippen LogP contribution < -0.4 is 0 Å². The third-order valence-corrected chi connectivity index (χ3v) is 4.39. The van der Waals surface area contributed by atoms with Gasteiger partial charge in [-0.15, -0.1) is 0 Å². The first-order valence-corrected chi connectivity index (χ1v) is 6.69. The largest absolute Gasteiger partial charge is 0.0888 e. The van der Waals surface area contributed by atoms with Crippen LogP contribution in [-0.2, 0) is 0 Å². The van der Waals surface area contributed by atoms with Crippen molar-refractivity contribution in [3.8, 4) is 0 Å². The van der Waals surface area contributed by atoms with Gasteiger partial charge in [0.25, 0.3) is 0 Å². The van der Waals surface area contributed by atoms with Crippen LogP contribution in [0.3, 0.4) is 0 Å². The number of hydrogen-bond acceptors (Lipinski definition) is 1. The van der Waals surface area contributed by atoms with E-state index in [9.17, 15) is 0 Å². The van der Waals surface area contributed by atoms with Gasteiger partial charge in [-0.25, -0.2) is 0 Å². The second kappa shape index (κ2) is 4.11. The molecule has 0 aliphatic carbocycles. The predicted octanol–water partition coefficient (Wildman–Crippen LogP) is 5.04. The van der Waals surface area contributed by atoms with Crippen LogP contribution in [0.2, 0.25) is 0 Å². The molecular weight excluding hydrogens is 280 g/mol. The van der Waals surface area contributed by atoms with Crippen molar-refractivity contribution in [3.63, 3.8) is 0 Å². The van der Waals surface area contributed by atoms with Gasteiger partial charge in [0.15, 0.2) is 0 Å². The first-order valence-electron chi connectivity index (χ1n) is 5.08. The van der Waals surface area contributed by atoms with Crippen LogP contribution in [0.1, 0.15) is 11.1 Å². The van der Waals surface area contributed by atoms with Gasteiger partial charge in [-0.1, -0.05) is 64.1 Å². The molecule has 0 saturated carbocycles. The van der Waals surface area contributed by atoms with Gasteiger partial charge in [0.05, 0.1) is 0 Å². The molecule has 0 nitrogen and oxygen atoms in total. The number of hydrogen-bond donors (Lipinski definition) is 0. The molecule has 2 aromatic rings. The van der Waals surface area contributed by atoms with Crippen LogP contribution in [-0.4, -0.2) is 0 Å². The number of rotatable bonds is 0. The maximum Gasteiger partial charge on any atom is 0.0265 e. The van der Waals surface area contributed by atoms with Crippen molar-refractivity contribution in [1.29, 1.82) is 0 Å². The zero-order valence-corrected chi connectivity index (χ0v) is 10.9. The van der Waals surface area contributed by atoms with Crippen LogP contribution in [0.15, 0.2) is 58.3 Å². The summed E-state index contributed by atoms with van der Waals surface area (Å²) in [5.41, 5.74) is 2.54. The van der Waals surface area contributed by atoms with E-state index in [-0.39, 0.29) is 0 Å². The summed E-state index contributed by atoms with van der Waals surface area (Å²) in [6, 6.07) is 16.9. The summed E-state index contributed by atoms with van der Waals surface area (Å²) in [6.45, 7) is 0. The van der Waals surface area contributed by atoms with Gasteiger partial charge in [0.1, 0.15) is 0 Å². The number of benzene rings is 2. The smallest absolute Gasteiger partial charge is 0.0265 e. The SMILES string of the molecule is BrC1=Cc2ccccc2Sc2ccccc21. The van der Waals surface area contributed by atoms with Gasteiger partial charge >= 0.3 is 0 Å². The molecule has 0 aromatic heterocycles. The molecular formula is C14H9BrS. The van der Waals surface area contributed by atoms with Gasteiger partial charge in [-0.3, -0.25) is 0 Å². The molecule has 1 heterocycles. The highest BCUT2D eigenvalue weighted by atomic mass is 79.9. The minimum absolute atomic E-state index is 1.15. The lowest BCUT2D eigenvalue weighted by molar-refractivity contribution is 1.39. The van der Waals surface area contributed by atoms with Crippen molar-refractivity contribution in [2.75, 3.05) is 0 Å². The van der Waals surface area contributed by atoms with Crippen LogP contribution in [0.4, 0.5) is 0 Å². The van der Waals surface area contributed by atoms with Gasteiger partial charge in [-0.05, 0) is 23.8 Å². The lowest BCUT2D eigenvalue weighted by Crippen LogP contribution is -1.79. The highest BCUT2D eigenvalue weighted by molar-refractivity contribution is 9.15. The molecule has 16 heavy (non-hydrogen) atoms. The van der Waals surface area contributed by atoms with Crippen molar-refractivity contribution in [1.82, 2.24) is 0 Å². The molecule has 2 heteroatoms. The highest BCUT2D eigenvalue weighted by Gasteiger charge is 2.12. The van der Waals surface area contributed by atoms with E-state index in [1.807, 2.05) is 11.8 Å². The topological polar surface area (TPSA) is 0 Å². The molecule has 78 valence electrons. The second-order valence-electron chi connectivity index (χ2n) is 3.63. The summed E-state index contributed by atoms with van der Waals surface area (Å²) >= 11 is 5.48. The first kappa shape index (κ1) is 10.2. The minimum atomic E-state index is 1.15. The molecule has 0 saturated heterocycles.